The highest BCUT2D eigenvalue weighted by Crippen LogP contribution is 2.23. The van der Waals surface area contributed by atoms with E-state index in [4.69, 9.17) is 73.3 Å². The van der Waals surface area contributed by atoms with Crippen molar-refractivity contribution in [2.24, 2.45) is 11.3 Å². The molecule has 0 bridgehead atoms. The Kier molecular flexibility index (Phi) is 88.7. The Morgan fingerprint density at radius 2 is 0.593 bits per heavy atom. The van der Waals surface area contributed by atoms with Crippen LogP contribution in [-0.4, -0.2) is 441 Å². The summed E-state index contributed by atoms with van der Waals surface area (Å²) in [4.78, 5) is 74.2. The van der Waals surface area contributed by atoms with Gasteiger partial charge in [-0.2, -0.15) is 0 Å². The van der Waals surface area contributed by atoms with Gasteiger partial charge >= 0.3 is 29.8 Å². The summed E-state index contributed by atoms with van der Waals surface area (Å²) in [5.74, 6) is -1.28. The molecule has 9 N–H and O–H groups in total. The maximum absolute atomic E-state index is 11.6. The van der Waals surface area contributed by atoms with Crippen LogP contribution >= 0.6 is 0 Å². The van der Waals surface area contributed by atoms with Crippen LogP contribution in [0.2, 0.25) is 0 Å². The zero-order valence-electron chi connectivity index (χ0n) is 86.4. The predicted molar refractivity (Wildman–Crippen MR) is 499 cm³/mol. The van der Waals surface area contributed by atoms with Crippen LogP contribution in [0, 0.1) is 11.3 Å². The fourth-order valence-electron chi connectivity index (χ4n) is 8.13. The van der Waals surface area contributed by atoms with Gasteiger partial charge in [-0.1, -0.05) is 69.2 Å². The third-order valence-corrected chi connectivity index (χ3v) is 20.6. The molecule has 0 heterocycles. The fourth-order valence-corrected chi connectivity index (χ4v) is 8.13. The Bertz CT molecular complexity index is 2450. The third kappa shape index (κ3) is 87.6. The van der Waals surface area contributed by atoms with Crippen molar-refractivity contribution in [1.29, 1.82) is 0 Å². The molecule has 32 heteroatoms. The molecule has 0 fully saturated rings. The second kappa shape index (κ2) is 79.4. The summed E-state index contributed by atoms with van der Waals surface area (Å²) in [5.41, 5.74) is -1.48. The first kappa shape index (κ1) is 137. The van der Waals surface area contributed by atoms with Crippen molar-refractivity contribution >= 4 is 29.8 Å². The molecular formula is C91H199N9O23. The van der Waals surface area contributed by atoms with Crippen LogP contribution in [0.3, 0.4) is 0 Å². The molecule has 0 aromatic heterocycles. The summed E-state index contributed by atoms with van der Waals surface area (Å²) in [6, 6.07) is -0.314. The lowest BCUT2D eigenvalue weighted by Gasteiger charge is -2.29. The zero-order valence-corrected chi connectivity index (χ0v) is 86.4. The molecule has 0 aliphatic carbocycles. The van der Waals surface area contributed by atoms with Gasteiger partial charge in [-0.15, -0.1) is 0 Å². The minimum Gasteiger partial charge on any atom is -0.464 e. The lowest BCUT2D eigenvalue weighted by atomic mass is 9.91. The number of carbonyl (C=O) groups is 5. The van der Waals surface area contributed by atoms with Crippen molar-refractivity contribution in [2.75, 3.05) is 226 Å². The molecule has 13 unspecified atom stereocenters. The monoisotopic (exact) mass is 1790 g/mol. The highest BCUT2D eigenvalue weighted by Gasteiger charge is 2.30. The predicted octanol–water partition coefficient (Wildman–Crippen LogP) is 7.76. The largest absolute Gasteiger partial charge is 0.464 e. The summed E-state index contributed by atoms with van der Waals surface area (Å²) in [6.07, 6.45) is 7.48. The molecule has 0 amide bonds. The quantitative estimate of drug-likeness (QED) is 0.0207. The smallest absolute Gasteiger partial charge is 0.311 e. The Labute approximate surface area is 751 Å². The topological polar surface area (TPSA) is 380 Å². The zero-order chi connectivity index (χ0) is 98.5. The Balaban J connectivity index is -0.000000170. The number of carbonyl (C=O) groups excluding carboxylic acids is 5. The first-order chi connectivity index (χ1) is 56.4. The Morgan fingerprint density at radius 1 is 0.309 bits per heavy atom. The van der Waals surface area contributed by atoms with Crippen LogP contribution in [0.25, 0.3) is 0 Å². The number of nitrogens with zero attached hydrogens (tertiary/aromatic N) is 9. The van der Waals surface area contributed by atoms with E-state index >= 15 is 0 Å². The van der Waals surface area contributed by atoms with Crippen molar-refractivity contribution in [2.45, 2.75) is 332 Å². The molecule has 13 atom stereocenters. The van der Waals surface area contributed by atoms with Gasteiger partial charge in [0.15, 0.2) is 0 Å². The standard InChI is InChI=1S/3C11H23NO3.2C10H21NO3.2C10H23NO2.2C9H21NO2/c1-6-11(2,3)10(14)15-8-9(7-13)12(4)5;1-6-11(2,3)15-10(14)7-9(8-13)12(4)5;1-6-11(2,3)15-10(14)7-9(13)8-12(4)5;1-5-8(2)10(13)14-7-9(6-12)11(3)4;1-5-8(2)14-10(13)6-9(7-12)11(3)4;1-6-10(2,3)13-8-9(7-12)11(4)5;1-6-10(2,3)13-8-9(12)7-11(4)5;1-5-8(2)12-7-9(6-11)10(3)4;1-5-8(2)12-7-9(11)6-10(3)4/h3*9,13H,6-8H2,1-5H3;2*8-9,12H,5-7H2,1-4H3;2*9,12H,6-8H2,1-5H3;2*8-9,11H,5-7H2,1-4H3. The molecule has 123 heavy (non-hydrogen) atoms. The van der Waals surface area contributed by atoms with E-state index in [0.29, 0.717) is 52.2 Å². The molecule has 0 rings (SSSR count). The van der Waals surface area contributed by atoms with Gasteiger partial charge in [-0.05, 0) is 275 Å². The summed E-state index contributed by atoms with van der Waals surface area (Å²) < 4.78 is 48.0. The van der Waals surface area contributed by atoms with Gasteiger partial charge in [0.05, 0.1) is 169 Å². The number of likely N-dealkylation sites (N-methyl/N-ethyl adjacent to an activating group) is 9. The van der Waals surface area contributed by atoms with Crippen LogP contribution in [0.5, 0.6) is 0 Å². The van der Waals surface area contributed by atoms with E-state index in [2.05, 4.69) is 41.5 Å². The summed E-state index contributed by atoms with van der Waals surface area (Å²) in [5, 5.41) is 82.5. The lowest BCUT2D eigenvalue weighted by Crippen LogP contribution is -2.39. The van der Waals surface area contributed by atoms with E-state index in [-0.39, 0.29) is 180 Å². The van der Waals surface area contributed by atoms with Crippen molar-refractivity contribution in [1.82, 2.24) is 44.1 Å². The van der Waals surface area contributed by atoms with Gasteiger partial charge in [0.1, 0.15) is 24.4 Å². The molecule has 0 aromatic rings. The highest BCUT2D eigenvalue weighted by molar-refractivity contribution is 5.76. The molecule has 0 aliphatic heterocycles. The van der Waals surface area contributed by atoms with Crippen LogP contribution in [0.1, 0.15) is 236 Å². The van der Waals surface area contributed by atoms with Gasteiger partial charge in [-0.3, -0.25) is 24.0 Å². The first-order valence-corrected chi connectivity index (χ1v) is 44.5. The summed E-state index contributed by atoms with van der Waals surface area (Å²) in [6.45, 7) is 49.9. The van der Waals surface area contributed by atoms with Crippen molar-refractivity contribution in [3.8, 4) is 0 Å². The van der Waals surface area contributed by atoms with Gasteiger partial charge in [0.2, 0.25) is 0 Å². The SMILES string of the molecule is CCC(C)(C)C(=O)OCC(CO)N(C)C.CCC(C)(C)OC(=O)CC(CO)N(C)C.CCC(C)(C)OC(=O)CC(O)CN(C)C.CCC(C)(C)OCC(CO)N(C)C.CCC(C)(C)OCC(O)CN(C)C.CCC(C)C(=O)OCC(CO)N(C)C.CCC(C)OC(=O)CC(CO)N(C)C.CCC(C)OCC(CO)N(C)C.CCC(C)OCC(O)CN(C)C. The van der Waals surface area contributed by atoms with Crippen LogP contribution in [-0.2, 0) is 66.6 Å². The molecule has 0 spiro atoms. The second-order valence-electron chi connectivity index (χ2n) is 36.8. The third-order valence-electron chi connectivity index (χ3n) is 20.6. The number of hydrogen-bond donors (Lipinski definition) is 9. The van der Waals surface area contributed by atoms with Gasteiger partial charge in [0, 0.05) is 31.7 Å². The van der Waals surface area contributed by atoms with E-state index in [1.54, 1.807) is 0 Å². The number of esters is 5. The Hall–Kier alpha value is -3.53. The molecule has 0 radical (unpaired) electrons. The molecule has 0 saturated carbocycles. The summed E-state index contributed by atoms with van der Waals surface area (Å²) >= 11 is 0. The molecule has 0 saturated heterocycles. The van der Waals surface area contributed by atoms with Crippen LogP contribution in [0.4, 0.5) is 0 Å². The minimum atomic E-state index is -0.653. The average molecular weight is 1790 g/mol. The van der Waals surface area contributed by atoms with Crippen LogP contribution in [0.15, 0.2) is 0 Å². The molecule has 0 aliphatic rings. The van der Waals surface area contributed by atoms with E-state index in [9.17, 15) is 39.3 Å². The van der Waals surface area contributed by atoms with Crippen molar-refractivity contribution < 1.29 is 113 Å². The number of rotatable bonds is 54. The Morgan fingerprint density at radius 3 is 0.894 bits per heavy atom. The number of aliphatic hydroxyl groups excluding tert-OH is 9. The van der Waals surface area contributed by atoms with E-state index in [0.717, 1.165) is 57.8 Å². The van der Waals surface area contributed by atoms with E-state index < -0.39 is 22.7 Å². The summed E-state index contributed by atoms with van der Waals surface area (Å²) in [7, 11) is 34.0. The molecule has 746 valence electrons. The molecule has 32 nitrogen and oxygen atoms in total. The molecular weight excluding hydrogens is 1590 g/mol. The van der Waals surface area contributed by atoms with E-state index in [1.807, 2.05) is 289 Å². The normalized spacial score (nSPS) is 15.0. The van der Waals surface area contributed by atoms with Gasteiger partial charge < -0.3 is 133 Å². The fraction of sp³-hybridized carbons (Fsp3) is 0.945. The van der Waals surface area contributed by atoms with Crippen molar-refractivity contribution in [3.63, 3.8) is 0 Å². The number of ether oxygens (including phenoxy) is 9. The van der Waals surface area contributed by atoms with Crippen molar-refractivity contribution in [3.05, 3.63) is 0 Å². The molecule has 0 aromatic carbocycles. The van der Waals surface area contributed by atoms with Gasteiger partial charge in [-0.25, -0.2) is 0 Å². The number of hydrogen-bond acceptors (Lipinski definition) is 32. The first-order valence-electron chi connectivity index (χ1n) is 44.5. The minimum absolute atomic E-state index is 0.000780. The highest BCUT2D eigenvalue weighted by atomic mass is 16.6. The van der Waals surface area contributed by atoms with Gasteiger partial charge in [0.25, 0.3) is 0 Å². The number of aliphatic hydroxyl groups is 9. The maximum Gasteiger partial charge on any atom is 0.311 e. The second-order valence-corrected chi connectivity index (χ2v) is 36.8. The van der Waals surface area contributed by atoms with E-state index in [1.165, 1.54) is 0 Å². The average Bonchev–Trinajstić information content (AvgIpc) is 0.872. The lowest BCUT2D eigenvalue weighted by molar-refractivity contribution is -0.160. The maximum atomic E-state index is 11.6. The van der Waals surface area contributed by atoms with Crippen LogP contribution < -0.4 is 0 Å².